The fourth-order valence-corrected chi connectivity index (χ4v) is 2.11. The summed E-state index contributed by atoms with van der Waals surface area (Å²) in [6.07, 6.45) is 1.28. The number of benzene rings is 2. The van der Waals surface area contributed by atoms with Crippen molar-refractivity contribution >= 4 is 17.3 Å². The van der Waals surface area contributed by atoms with Crippen LogP contribution in [0, 0.1) is 36.5 Å². The quantitative estimate of drug-likeness (QED) is 0.837. The van der Waals surface area contributed by atoms with Crippen LogP contribution in [0.1, 0.15) is 21.5 Å². The Morgan fingerprint density at radius 1 is 1.04 bits per heavy atom. The number of aryl methyl sites for hydroxylation is 2. The van der Waals surface area contributed by atoms with Gasteiger partial charge in [0.2, 0.25) is 0 Å². The Morgan fingerprint density at radius 2 is 1.75 bits per heavy atom. The van der Waals surface area contributed by atoms with Crippen LogP contribution in [0.5, 0.6) is 0 Å². The number of carbonyl (C=O) groups excluding carboxylic acids is 1. The number of nitrogens with one attached hydrogen (secondary N) is 2. The van der Waals surface area contributed by atoms with Gasteiger partial charge in [0.05, 0.1) is 11.3 Å². The first-order valence-corrected chi connectivity index (χ1v) is 7.29. The fourth-order valence-electron chi connectivity index (χ4n) is 2.11. The smallest absolute Gasteiger partial charge is 0.257 e. The van der Waals surface area contributed by atoms with Crippen molar-refractivity contribution in [3.63, 3.8) is 0 Å². The van der Waals surface area contributed by atoms with Gasteiger partial charge in [0.1, 0.15) is 17.7 Å². The molecule has 0 saturated carbocycles. The molecule has 0 fully saturated rings. The van der Waals surface area contributed by atoms with Crippen LogP contribution >= 0.6 is 0 Å². The van der Waals surface area contributed by atoms with Crippen LogP contribution in [0.2, 0.25) is 0 Å². The molecule has 0 aromatic heterocycles. The molecule has 0 bridgehead atoms. The van der Waals surface area contributed by atoms with Crippen molar-refractivity contribution < 1.29 is 4.79 Å². The highest BCUT2D eigenvalue weighted by Gasteiger charge is 2.12. The van der Waals surface area contributed by atoms with Gasteiger partial charge < -0.3 is 10.6 Å². The first-order chi connectivity index (χ1) is 11.5. The molecule has 5 nitrogen and oxygen atoms in total. The minimum absolute atomic E-state index is 0.0697. The maximum atomic E-state index is 12.6. The molecule has 118 valence electrons. The molecule has 0 unspecified atom stereocenters. The Bertz CT molecular complexity index is 869. The highest BCUT2D eigenvalue weighted by molar-refractivity contribution is 6.08. The summed E-state index contributed by atoms with van der Waals surface area (Å²) in [7, 11) is 0. The third-order valence-electron chi connectivity index (χ3n) is 3.43. The first kappa shape index (κ1) is 16.8. The van der Waals surface area contributed by atoms with Crippen LogP contribution in [0.4, 0.5) is 11.4 Å². The predicted octanol–water partition coefficient (Wildman–Crippen LogP) is 3.90. The summed E-state index contributed by atoms with van der Waals surface area (Å²) < 4.78 is 0. The third-order valence-corrected chi connectivity index (χ3v) is 3.43. The van der Waals surface area contributed by atoms with E-state index in [4.69, 9.17) is 10.5 Å². The van der Waals surface area contributed by atoms with Gasteiger partial charge in [-0.05, 0) is 43.2 Å². The number of allylic oxidation sites excluding steroid dienone is 1. The van der Waals surface area contributed by atoms with Crippen molar-refractivity contribution in [1.29, 1.82) is 10.5 Å². The van der Waals surface area contributed by atoms with Crippen LogP contribution in [-0.2, 0) is 0 Å². The fraction of sp³-hybridized carbons (Fsp3) is 0.105. The maximum absolute atomic E-state index is 12.6. The van der Waals surface area contributed by atoms with Crippen molar-refractivity contribution in [3.05, 3.63) is 70.9 Å². The van der Waals surface area contributed by atoms with Crippen LogP contribution in [0.3, 0.4) is 0 Å². The Labute approximate surface area is 140 Å². The van der Waals surface area contributed by atoms with E-state index in [9.17, 15) is 4.79 Å². The van der Waals surface area contributed by atoms with Gasteiger partial charge in [-0.25, -0.2) is 0 Å². The van der Waals surface area contributed by atoms with E-state index >= 15 is 0 Å². The average Bonchev–Trinajstić information content (AvgIpc) is 2.59. The number of carbonyl (C=O) groups is 1. The zero-order valence-corrected chi connectivity index (χ0v) is 13.4. The Morgan fingerprint density at radius 3 is 2.46 bits per heavy atom. The Kier molecular flexibility index (Phi) is 5.33. The number of amides is 1. The summed E-state index contributed by atoms with van der Waals surface area (Å²) in [4.78, 5) is 12.6. The highest BCUT2D eigenvalue weighted by Crippen LogP contribution is 2.20. The van der Waals surface area contributed by atoms with Gasteiger partial charge in [-0.2, -0.15) is 10.5 Å². The second-order valence-corrected chi connectivity index (χ2v) is 5.24. The van der Waals surface area contributed by atoms with Crippen molar-refractivity contribution in [2.24, 2.45) is 0 Å². The predicted molar refractivity (Wildman–Crippen MR) is 93.2 cm³/mol. The standard InChI is InChI=1S/C19H16N4O/c1-13-7-8-14(2)18(9-13)23-19(24)16-5-3-4-6-17(16)22-12-15(10-20)11-21/h3-9,12,22H,1-2H3,(H,23,24). The van der Waals surface area contributed by atoms with Crippen LogP contribution in [0.25, 0.3) is 0 Å². The van der Waals surface area contributed by atoms with E-state index < -0.39 is 0 Å². The second-order valence-electron chi connectivity index (χ2n) is 5.24. The molecule has 0 aliphatic rings. The highest BCUT2D eigenvalue weighted by atomic mass is 16.1. The van der Waals surface area contributed by atoms with E-state index in [1.165, 1.54) is 6.20 Å². The van der Waals surface area contributed by atoms with E-state index in [0.717, 1.165) is 16.8 Å². The Balaban J connectivity index is 2.28. The molecule has 0 atom stereocenters. The maximum Gasteiger partial charge on any atom is 0.257 e. The summed E-state index contributed by atoms with van der Waals surface area (Å²) in [6.45, 7) is 3.88. The monoisotopic (exact) mass is 316 g/mol. The molecule has 0 aliphatic carbocycles. The van der Waals surface area contributed by atoms with Crippen molar-refractivity contribution in [3.8, 4) is 12.1 Å². The molecule has 1 amide bonds. The number of nitrogens with zero attached hydrogens (tertiary/aromatic N) is 2. The average molecular weight is 316 g/mol. The third kappa shape index (κ3) is 4.00. The minimum Gasteiger partial charge on any atom is -0.359 e. The van der Waals surface area contributed by atoms with E-state index in [-0.39, 0.29) is 11.5 Å². The van der Waals surface area contributed by atoms with Gasteiger partial charge in [-0.15, -0.1) is 0 Å². The zero-order valence-electron chi connectivity index (χ0n) is 13.4. The number of para-hydroxylation sites is 1. The molecule has 0 heterocycles. The normalized spacial score (nSPS) is 9.33. The second kappa shape index (κ2) is 7.62. The summed E-state index contributed by atoms with van der Waals surface area (Å²) >= 11 is 0. The number of hydrogen-bond donors (Lipinski definition) is 2. The van der Waals surface area contributed by atoms with Gasteiger partial charge in [0.25, 0.3) is 5.91 Å². The van der Waals surface area contributed by atoms with Crippen molar-refractivity contribution in [2.75, 3.05) is 10.6 Å². The molecule has 0 spiro atoms. The summed E-state index contributed by atoms with van der Waals surface area (Å²) in [5, 5.41) is 23.3. The molecular formula is C19H16N4O. The van der Waals surface area contributed by atoms with E-state index in [0.29, 0.717) is 11.3 Å². The van der Waals surface area contributed by atoms with Crippen LogP contribution in [-0.4, -0.2) is 5.91 Å². The van der Waals surface area contributed by atoms with E-state index in [1.807, 2.05) is 32.0 Å². The molecule has 24 heavy (non-hydrogen) atoms. The first-order valence-electron chi connectivity index (χ1n) is 7.29. The molecule has 0 saturated heterocycles. The SMILES string of the molecule is Cc1ccc(C)c(NC(=O)c2ccccc2NC=C(C#N)C#N)c1. The molecule has 5 heteroatoms. The lowest BCUT2D eigenvalue weighted by atomic mass is 10.1. The van der Waals surface area contributed by atoms with E-state index in [2.05, 4.69) is 10.6 Å². The van der Waals surface area contributed by atoms with E-state index in [1.54, 1.807) is 36.4 Å². The van der Waals surface area contributed by atoms with Crippen LogP contribution < -0.4 is 10.6 Å². The minimum atomic E-state index is -0.268. The molecular weight excluding hydrogens is 300 g/mol. The van der Waals surface area contributed by atoms with Gasteiger partial charge in [0.15, 0.2) is 0 Å². The van der Waals surface area contributed by atoms with Crippen molar-refractivity contribution in [1.82, 2.24) is 0 Å². The summed E-state index contributed by atoms with van der Waals surface area (Å²) in [5.41, 5.74) is 3.64. The number of anilines is 2. The number of nitriles is 2. The molecule has 2 N–H and O–H groups in total. The summed E-state index contributed by atoms with van der Waals surface area (Å²) in [6, 6.07) is 16.3. The van der Waals surface area contributed by atoms with Gasteiger partial charge in [-0.1, -0.05) is 24.3 Å². The Hall–Kier alpha value is -3.57. The number of hydrogen-bond acceptors (Lipinski definition) is 4. The number of rotatable bonds is 4. The van der Waals surface area contributed by atoms with Crippen LogP contribution in [0.15, 0.2) is 54.2 Å². The molecule has 2 aromatic carbocycles. The molecule has 2 rings (SSSR count). The summed E-state index contributed by atoms with van der Waals surface area (Å²) in [5.74, 6) is -0.268. The molecule has 0 radical (unpaired) electrons. The van der Waals surface area contributed by atoms with Gasteiger partial charge in [0, 0.05) is 11.9 Å². The lowest BCUT2D eigenvalue weighted by Crippen LogP contribution is -2.14. The molecule has 0 aliphatic heterocycles. The largest absolute Gasteiger partial charge is 0.359 e. The van der Waals surface area contributed by atoms with Crippen molar-refractivity contribution in [2.45, 2.75) is 13.8 Å². The lowest BCUT2D eigenvalue weighted by molar-refractivity contribution is 0.102. The lowest BCUT2D eigenvalue weighted by Gasteiger charge is -2.12. The van der Waals surface area contributed by atoms with Gasteiger partial charge in [-0.3, -0.25) is 4.79 Å². The topological polar surface area (TPSA) is 88.7 Å². The van der Waals surface area contributed by atoms with Gasteiger partial charge >= 0.3 is 0 Å². The zero-order chi connectivity index (χ0) is 17.5. The molecule has 2 aromatic rings.